The Labute approximate surface area is 98.6 Å². The summed E-state index contributed by atoms with van der Waals surface area (Å²) in [6.45, 7) is 0. The number of nitrogen functional groups attached to an aromatic ring is 1. The minimum Gasteiger partial charge on any atom is -0.380 e. The van der Waals surface area contributed by atoms with Gasteiger partial charge in [-0.2, -0.15) is 5.10 Å². The molecule has 6 heteroatoms. The van der Waals surface area contributed by atoms with Gasteiger partial charge in [-0.05, 0) is 18.2 Å². The lowest BCUT2D eigenvalue weighted by molar-refractivity contribution is 0.636. The number of nitrogens with one attached hydrogen (secondary N) is 1. The first-order chi connectivity index (χ1) is 7.09. The highest BCUT2D eigenvalue weighted by molar-refractivity contribution is 9.10. The quantitative estimate of drug-likeness (QED) is 0.847. The molecule has 1 heterocycles. The van der Waals surface area contributed by atoms with E-state index < -0.39 is 5.82 Å². The smallest absolute Gasteiger partial charge is 0.192 e. The molecule has 0 saturated carbocycles. The van der Waals surface area contributed by atoms with Gasteiger partial charge in [-0.3, -0.25) is 5.10 Å². The Bertz CT molecular complexity index is 512. The maximum Gasteiger partial charge on any atom is 0.192 e. The van der Waals surface area contributed by atoms with E-state index >= 15 is 0 Å². The lowest BCUT2D eigenvalue weighted by atomic mass is 10.1. The molecule has 3 N–H and O–H groups in total. The van der Waals surface area contributed by atoms with Gasteiger partial charge < -0.3 is 5.73 Å². The molecule has 1 aromatic heterocycles. The molecule has 0 bridgehead atoms. The fraction of sp³-hybridized carbons (Fsp3) is 0. The van der Waals surface area contributed by atoms with Gasteiger partial charge >= 0.3 is 0 Å². The van der Waals surface area contributed by atoms with Gasteiger partial charge in [0.15, 0.2) is 11.6 Å². The summed E-state index contributed by atoms with van der Waals surface area (Å²) in [7, 11) is 0. The van der Waals surface area contributed by atoms with Crippen molar-refractivity contribution < 1.29 is 4.39 Å². The minimum atomic E-state index is -0.588. The van der Waals surface area contributed by atoms with Gasteiger partial charge in [-0.25, -0.2) is 4.39 Å². The number of rotatable bonds is 1. The molecular formula is C9H6BrClFN3. The highest BCUT2D eigenvalue weighted by atomic mass is 79.9. The van der Waals surface area contributed by atoms with Crippen molar-refractivity contribution in [1.82, 2.24) is 10.2 Å². The highest BCUT2D eigenvalue weighted by Gasteiger charge is 2.14. The number of aromatic amines is 1. The van der Waals surface area contributed by atoms with Gasteiger partial charge in [-0.1, -0.05) is 27.5 Å². The van der Waals surface area contributed by atoms with Gasteiger partial charge in [0, 0.05) is 10.0 Å². The average molecular weight is 291 g/mol. The number of anilines is 1. The maximum absolute atomic E-state index is 13.5. The Morgan fingerprint density at radius 2 is 2.20 bits per heavy atom. The Balaban J connectivity index is 2.63. The number of nitrogens with two attached hydrogens (primary N) is 1. The third-order valence-electron chi connectivity index (χ3n) is 1.93. The first kappa shape index (κ1) is 10.4. The van der Waals surface area contributed by atoms with Gasteiger partial charge in [0.2, 0.25) is 0 Å². The summed E-state index contributed by atoms with van der Waals surface area (Å²) in [5.74, 6) is -0.754. The largest absolute Gasteiger partial charge is 0.380 e. The second kappa shape index (κ2) is 3.83. The Hall–Kier alpha value is -1.07. The average Bonchev–Trinajstić information content (AvgIpc) is 2.52. The molecule has 1 aromatic carbocycles. The molecule has 2 aromatic rings. The SMILES string of the molecule is Nc1n[nH]c(-c2cc(Br)ccc2Cl)c1F. The second-order valence-corrected chi connectivity index (χ2v) is 4.24. The molecule has 0 aliphatic heterocycles. The van der Waals surface area contributed by atoms with Crippen LogP contribution in [0.4, 0.5) is 10.2 Å². The van der Waals surface area contributed by atoms with Crippen molar-refractivity contribution in [3.05, 3.63) is 33.5 Å². The number of H-pyrrole nitrogens is 1. The second-order valence-electron chi connectivity index (χ2n) is 2.92. The summed E-state index contributed by atoms with van der Waals surface area (Å²) >= 11 is 9.21. The summed E-state index contributed by atoms with van der Waals surface area (Å²) in [5.41, 5.74) is 6.01. The topological polar surface area (TPSA) is 54.7 Å². The van der Waals surface area contributed by atoms with Crippen molar-refractivity contribution in [3.8, 4) is 11.3 Å². The number of hydrogen-bond donors (Lipinski definition) is 2. The van der Waals surface area contributed by atoms with E-state index in [4.69, 9.17) is 17.3 Å². The highest BCUT2D eigenvalue weighted by Crippen LogP contribution is 2.32. The van der Waals surface area contributed by atoms with Gasteiger partial charge in [-0.15, -0.1) is 0 Å². The van der Waals surface area contributed by atoms with Crippen LogP contribution in [0.1, 0.15) is 0 Å². The standard InChI is InChI=1S/C9H6BrClFN3/c10-4-1-2-6(11)5(3-4)8-7(12)9(13)15-14-8/h1-3H,(H3,13,14,15). The minimum absolute atomic E-state index is 0.166. The number of halogens is 3. The predicted molar refractivity (Wildman–Crippen MR) is 61.1 cm³/mol. The lowest BCUT2D eigenvalue weighted by Gasteiger charge is -2.02. The summed E-state index contributed by atoms with van der Waals surface area (Å²) in [4.78, 5) is 0. The normalized spacial score (nSPS) is 10.6. The number of nitrogens with zero attached hydrogens (tertiary/aromatic N) is 1. The van der Waals surface area contributed by atoms with E-state index in [-0.39, 0.29) is 11.5 Å². The molecule has 2 rings (SSSR count). The molecular weight excluding hydrogens is 284 g/mol. The molecule has 78 valence electrons. The summed E-state index contributed by atoms with van der Waals surface area (Å²) in [6.07, 6.45) is 0. The van der Waals surface area contributed by atoms with Crippen LogP contribution >= 0.6 is 27.5 Å². The fourth-order valence-electron chi connectivity index (χ4n) is 1.21. The number of benzene rings is 1. The summed E-state index contributed by atoms with van der Waals surface area (Å²) in [6, 6.07) is 5.12. The zero-order valence-corrected chi connectivity index (χ0v) is 9.73. The molecule has 0 fully saturated rings. The van der Waals surface area contributed by atoms with E-state index in [9.17, 15) is 4.39 Å². The van der Waals surface area contributed by atoms with E-state index in [1.165, 1.54) is 0 Å². The van der Waals surface area contributed by atoms with Crippen LogP contribution in [-0.2, 0) is 0 Å². The van der Waals surface area contributed by atoms with Crippen molar-refractivity contribution >= 4 is 33.3 Å². The fourth-order valence-corrected chi connectivity index (χ4v) is 1.78. The summed E-state index contributed by atoms with van der Waals surface area (Å²) < 4.78 is 14.3. The van der Waals surface area contributed by atoms with Crippen LogP contribution in [0.3, 0.4) is 0 Å². The van der Waals surface area contributed by atoms with Crippen LogP contribution in [0.2, 0.25) is 5.02 Å². The van der Waals surface area contributed by atoms with Crippen molar-refractivity contribution in [2.45, 2.75) is 0 Å². The van der Waals surface area contributed by atoms with E-state index in [0.717, 1.165) is 4.47 Å². The van der Waals surface area contributed by atoms with Crippen LogP contribution in [-0.4, -0.2) is 10.2 Å². The molecule has 3 nitrogen and oxygen atoms in total. The van der Waals surface area contributed by atoms with E-state index in [0.29, 0.717) is 10.6 Å². The zero-order chi connectivity index (χ0) is 11.0. The van der Waals surface area contributed by atoms with Gasteiger partial charge in [0.25, 0.3) is 0 Å². The van der Waals surface area contributed by atoms with Crippen LogP contribution in [0.25, 0.3) is 11.3 Å². The van der Waals surface area contributed by atoms with E-state index in [1.54, 1.807) is 18.2 Å². The monoisotopic (exact) mass is 289 g/mol. The Morgan fingerprint density at radius 1 is 1.47 bits per heavy atom. The first-order valence-electron chi connectivity index (χ1n) is 4.04. The number of hydrogen-bond acceptors (Lipinski definition) is 2. The zero-order valence-electron chi connectivity index (χ0n) is 7.39. The maximum atomic E-state index is 13.5. The van der Waals surface area contributed by atoms with Crippen LogP contribution in [0.15, 0.2) is 22.7 Å². The van der Waals surface area contributed by atoms with Crippen molar-refractivity contribution in [3.63, 3.8) is 0 Å². The molecule has 0 aliphatic rings. The van der Waals surface area contributed by atoms with Gasteiger partial charge in [0.1, 0.15) is 5.69 Å². The lowest BCUT2D eigenvalue weighted by Crippen LogP contribution is -1.88. The van der Waals surface area contributed by atoms with Crippen molar-refractivity contribution in [2.24, 2.45) is 0 Å². The van der Waals surface area contributed by atoms with E-state index in [2.05, 4.69) is 26.1 Å². The molecule has 0 amide bonds. The van der Waals surface area contributed by atoms with Crippen molar-refractivity contribution in [2.75, 3.05) is 5.73 Å². The molecule has 0 radical (unpaired) electrons. The molecule has 15 heavy (non-hydrogen) atoms. The molecule has 0 aliphatic carbocycles. The first-order valence-corrected chi connectivity index (χ1v) is 5.21. The van der Waals surface area contributed by atoms with Crippen molar-refractivity contribution in [1.29, 1.82) is 0 Å². The van der Waals surface area contributed by atoms with Crippen LogP contribution < -0.4 is 5.73 Å². The Morgan fingerprint density at radius 3 is 2.80 bits per heavy atom. The third kappa shape index (κ3) is 1.85. The van der Waals surface area contributed by atoms with Crippen LogP contribution in [0.5, 0.6) is 0 Å². The van der Waals surface area contributed by atoms with E-state index in [1.807, 2.05) is 0 Å². The Kier molecular flexibility index (Phi) is 2.67. The third-order valence-corrected chi connectivity index (χ3v) is 2.75. The molecule has 0 saturated heterocycles. The van der Waals surface area contributed by atoms with Gasteiger partial charge in [0.05, 0.1) is 5.02 Å². The number of aromatic nitrogens is 2. The molecule has 0 spiro atoms. The summed E-state index contributed by atoms with van der Waals surface area (Å²) in [5, 5.41) is 6.50. The molecule has 0 unspecified atom stereocenters. The van der Waals surface area contributed by atoms with Crippen LogP contribution in [0, 0.1) is 5.82 Å². The predicted octanol–water partition coefficient (Wildman–Crippen LogP) is 3.21. The molecule has 0 atom stereocenters.